The van der Waals surface area contributed by atoms with Gasteiger partial charge < -0.3 is 19.9 Å². The first-order chi connectivity index (χ1) is 13.3. The van der Waals surface area contributed by atoms with Crippen molar-refractivity contribution in [2.75, 3.05) is 46.9 Å². The van der Waals surface area contributed by atoms with Crippen molar-refractivity contribution in [1.82, 2.24) is 15.1 Å². The van der Waals surface area contributed by atoms with Crippen LogP contribution in [0.5, 0.6) is 5.75 Å². The largest absolute Gasteiger partial charge is 0.497 e. The van der Waals surface area contributed by atoms with Crippen LogP contribution in [0.1, 0.15) is 31.2 Å². The molecule has 1 aromatic rings. The standard InChI is InChI=1S/C22H32N4O.HI/c1-23-22(24-15-17-8-11-26(16-17)20-6-7-20)25-12-9-18(10-13-25)19-4-3-5-21(14-19)27-2;/h3-5,9,14,17,20H,6-8,10-13,15-16H2,1-2H3,(H,23,24);1H. The van der Waals surface area contributed by atoms with E-state index < -0.39 is 0 Å². The van der Waals surface area contributed by atoms with Gasteiger partial charge in [0.15, 0.2) is 5.96 Å². The monoisotopic (exact) mass is 496 g/mol. The first kappa shape index (κ1) is 21.4. The lowest BCUT2D eigenvalue weighted by Gasteiger charge is -2.30. The third kappa shape index (κ3) is 5.20. The minimum absolute atomic E-state index is 0. The maximum absolute atomic E-state index is 5.36. The topological polar surface area (TPSA) is 40.1 Å². The summed E-state index contributed by atoms with van der Waals surface area (Å²) in [5.41, 5.74) is 2.67. The van der Waals surface area contributed by atoms with E-state index in [9.17, 15) is 0 Å². The van der Waals surface area contributed by atoms with E-state index in [1.54, 1.807) is 7.11 Å². The van der Waals surface area contributed by atoms with Gasteiger partial charge >= 0.3 is 0 Å². The summed E-state index contributed by atoms with van der Waals surface area (Å²) < 4.78 is 5.36. The number of guanidine groups is 1. The number of hydrogen-bond acceptors (Lipinski definition) is 3. The number of methoxy groups -OCH3 is 1. The molecule has 2 heterocycles. The maximum Gasteiger partial charge on any atom is 0.193 e. The van der Waals surface area contributed by atoms with E-state index >= 15 is 0 Å². The van der Waals surface area contributed by atoms with Gasteiger partial charge in [-0.2, -0.15) is 0 Å². The molecule has 28 heavy (non-hydrogen) atoms. The number of benzene rings is 1. The first-order valence-corrected chi connectivity index (χ1v) is 10.3. The van der Waals surface area contributed by atoms with Crippen molar-refractivity contribution >= 4 is 35.5 Å². The van der Waals surface area contributed by atoms with Crippen molar-refractivity contribution in [2.45, 2.75) is 31.7 Å². The molecule has 6 heteroatoms. The molecule has 2 fully saturated rings. The molecule has 1 saturated heterocycles. The zero-order chi connectivity index (χ0) is 18.6. The SMILES string of the molecule is CN=C(NCC1CCN(C2CC2)C1)N1CC=C(c2cccc(OC)c2)CC1.I. The molecule has 1 aromatic carbocycles. The van der Waals surface area contributed by atoms with Crippen LogP contribution in [0.4, 0.5) is 0 Å². The highest BCUT2D eigenvalue weighted by atomic mass is 127. The minimum atomic E-state index is 0. The van der Waals surface area contributed by atoms with Crippen LogP contribution in [0.15, 0.2) is 35.3 Å². The van der Waals surface area contributed by atoms with Crippen LogP contribution in [-0.4, -0.2) is 68.7 Å². The summed E-state index contributed by atoms with van der Waals surface area (Å²) >= 11 is 0. The predicted octanol–water partition coefficient (Wildman–Crippen LogP) is 3.46. The van der Waals surface area contributed by atoms with Gasteiger partial charge in [0.25, 0.3) is 0 Å². The second-order valence-corrected chi connectivity index (χ2v) is 7.97. The zero-order valence-corrected chi connectivity index (χ0v) is 19.4. The molecule has 1 unspecified atom stereocenters. The molecular formula is C22H33IN4O. The Hall–Kier alpha value is -1.28. The molecular weight excluding hydrogens is 463 g/mol. The molecule has 5 nitrogen and oxygen atoms in total. The van der Waals surface area contributed by atoms with Gasteiger partial charge in [-0.25, -0.2) is 0 Å². The van der Waals surface area contributed by atoms with Gasteiger partial charge in [-0.3, -0.25) is 4.99 Å². The van der Waals surface area contributed by atoms with Crippen LogP contribution in [0.25, 0.3) is 5.57 Å². The second kappa shape index (κ2) is 9.96. The number of nitrogens with one attached hydrogen (secondary N) is 1. The van der Waals surface area contributed by atoms with E-state index in [1.165, 1.54) is 43.5 Å². The quantitative estimate of drug-likeness (QED) is 0.385. The van der Waals surface area contributed by atoms with Crippen LogP contribution in [-0.2, 0) is 0 Å². The van der Waals surface area contributed by atoms with Gasteiger partial charge in [-0.15, -0.1) is 24.0 Å². The lowest BCUT2D eigenvalue weighted by atomic mass is 9.99. The number of halogens is 1. The van der Waals surface area contributed by atoms with E-state index in [0.717, 1.165) is 49.7 Å². The number of ether oxygens (including phenoxy) is 1. The number of aliphatic imine (C=N–C) groups is 1. The molecule has 1 atom stereocenters. The summed E-state index contributed by atoms with van der Waals surface area (Å²) in [5.74, 6) is 2.72. The molecule has 3 aliphatic rings. The Balaban J connectivity index is 0.00000225. The molecule has 1 aliphatic carbocycles. The maximum atomic E-state index is 5.36. The third-order valence-electron chi connectivity index (χ3n) is 6.09. The lowest BCUT2D eigenvalue weighted by molar-refractivity contribution is 0.313. The average Bonchev–Trinajstić information content (AvgIpc) is 3.47. The number of nitrogens with zero attached hydrogens (tertiary/aromatic N) is 3. The van der Waals surface area contributed by atoms with Crippen molar-refractivity contribution in [3.63, 3.8) is 0 Å². The summed E-state index contributed by atoms with van der Waals surface area (Å²) in [6.45, 7) is 5.49. The zero-order valence-electron chi connectivity index (χ0n) is 17.1. The molecule has 0 radical (unpaired) electrons. The van der Waals surface area contributed by atoms with Gasteiger partial charge in [0.1, 0.15) is 5.75 Å². The van der Waals surface area contributed by atoms with Gasteiger partial charge in [0.05, 0.1) is 7.11 Å². The molecule has 4 rings (SSSR count). The second-order valence-electron chi connectivity index (χ2n) is 7.97. The van der Waals surface area contributed by atoms with Gasteiger partial charge in [0.2, 0.25) is 0 Å². The minimum Gasteiger partial charge on any atom is -0.497 e. The first-order valence-electron chi connectivity index (χ1n) is 10.3. The van der Waals surface area contributed by atoms with Gasteiger partial charge in [-0.05, 0) is 61.4 Å². The molecule has 0 amide bonds. The van der Waals surface area contributed by atoms with Crippen molar-refractivity contribution < 1.29 is 4.74 Å². The highest BCUT2D eigenvalue weighted by Gasteiger charge is 2.34. The van der Waals surface area contributed by atoms with E-state index in [4.69, 9.17) is 4.74 Å². The summed E-state index contributed by atoms with van der Waals surface area (Å²) in [5, 5.41) is 3.63. The van der Waals surface area contributed by atoms with Crippen molar-refractivity contribution in [2.24, 2.45) is 10.9 Å². The van der Waals surface area contributed by atoms with E-state index in [2.05, 4.69) is 44.4 Å². The molecule has 2 aliphatic heterocycles. The highest BCUT2D eigenvalue weighted by Crippen LogP contribution is 2.31. The molecule has 0 aromatic heterocycles. The van der Waals surface area contributed by atoms with Crippen molar-refractivity contribution in [3.05, 3.63) is 35.9 Å². The smallest absolute Gasteiger partial charge is 0.193 e. The molecule has 0 spiro atoms. The summed E-state index contributed by atoms with van der Waals surface area (Å²) in [6, 6.07) is 9.26. The lowest BCUT2D eigenvalue weighted by Crippen LogP contribution is -2.45. The number of hydrogen-bond donors (Lipinski definition) is 1. The fourth-order valence-corrected chi connectivity index (χ4v) is 4.31. The number of rotatable bonds is 5. The van der Waals surface area contributed by atoms with E-state index in [-0.39, 0.29) is 24.0 Å². The average molecular weight is 496 g/mol. The summed E-state index contributed by atoms with van der Waals surface area (Å²) in [4.78, 5) is 9.57. The Morgan fingerprint density at radius 1 is 1.25 bits per heavy atom. The molecule has 0 bridgehead atoms. The Labute approximate surface area is 186 Å². The Kier molecular flexibility index (Phi) is 7.62. The summed E-state index contributed by atoms with van der Waals surface area (Å²) in [7, 11) is 3.62. The normalized spacial score (nSPS) is 23.2. The predicted molar refractivity (Wildman–Crippen MR) is 127 cm³/mol. The fraction of sp³-hybridized carbons (Fsp3) is 0.591. The molecule has 154 valence electrons. The van der Waals surface area contributed by atoms with E-state index in [1.807, 2.05) is 13.1 Å². The Morgan fingerprint density at radius 3 is 2.79 bits per heavy atom. The summed E-state index contributed by atoms with van der Waals surface area (Å²) in [6.07, 6.45) is 7.51. The van der Waals surface area contributed by atoms with E-state index in [0.29, 0.717) is 0 Å². The number of likely N-dealkylation sites (tertiary alicyclic amines) is 1. The fourth-order valence-electron chi connectivity index (χ4n) is 4.31. The van der Waals surface area contributed by atoms with Gasteiger partial charge in [-0.1, -0.05) is 18.2 Å². The molecule has 1 N–H and O–H groups in total. The van der Waals surface area contributed by atoms with Crippen molar-refractivity contribution in [1.29, 1.82) is 0 Å². The van der Waals surface area contributed by atoms with Gasteiger partial charge in [0, 0.05) is 39.3 Å². The van der Waals surface area contributed by atoms with Crippen LogP contribution < -0.4 is 10.1 Å². The molecule has 1 saturated carbocycles. The highest BCUT2D eigenvalue weighted by molar-refractivity contribution is 14.0. The van der Waals surface area contributed by atoms with Crippen LogP contribution >= 0.6 is 24.0 Å². The van der Waals surface area contributed by atoms with Crippen molar-refractivity contribution in [3.8, 4) is 5.75 Å². The van der Waals surface area contributed by atoms with Crippen LogP contribution in [0.3, 0.4) is 0 Å². The Morgan fingerprint density at radius 2 is 2.11 bits per heavy atom. The Bertz CT molecular complexity index is 716. The van der Waals surface area contributed by atoms with Crippen LogP contribution in [0, 0.1) is 5.92 Å². The third-order valence-corrected chi connectivity index (χ3v) is 6.09. The van der Waals surface area contributed by atoms with Crippen LogP contribution in [0.2, 0.25) is 0 Å².